The zero-order valence-corrected chi connectivity index (χ0v) is 12.9. The van der Waals surface area contributed by atoms with Gasteiger partial charge in [0.15, 0.2) is 0 Å². The van der Waals surface area contributed by atoms with E-state index in [1.54, 1.807) is 24.3 Å². The summed E-state index contributed by atoms with van der Waals surface area (Å²) >= 11 is 0. The van der Waals surface area contributed by atoms with E-state index >= 15 is 0 Å². The number of carbonyl (C=O) groups excluding carboxylic acids is 3. The summed E-state index contributed by atoms with van der Waals surface area (Å²) in [6.45, 7) is 3.65. The average molecular weight is 308 g/mol. The number of imide groups is 2. The monoisotopic (exact) mass is 308 g/mol. The Kier molecular flexibility index (Phi) is 3.70. The molecule has 0 atom stereocenters. The van der Waals surface area contributed by atoms with Crippen LogP contribution in [0.15, 0.2) is 48.5 Å². The zero-order chi connectivity index (χ0) is 16.6. The number of para-hydroxylation sites is 2. The first kappa shape index (κ1) is 15.0. The van der Waals surface area contributed by atoms with Crippen molar-refractivity contribution in [3.63, 3.8) is 0 Å². The molecule has 2 aromatic carbocycles. The maximum Gasteiger partial charge on any atom is 0.342 e. The number of aryl methyl sites for hydroxylation is 2. The van der Waals surface area contributed by atoms with Gasteiger partial charge in [-0.05, 0) is 37.1 Å². The minimum absolute atomic E-state index is 0.325. The van der Waals surface area contributed by atoms with Crippen LogP contribution in [0.2, 0.25) is 0 Å². The second-order valence-corrected chi connectivity index (χ2v) is 5.49. The quantitative estimate of drug-likeness (QED) is 0.801. The molecule has 0 bridgehead atoms. The van der Waals surface area contributed by atoms with Crippen molar-refractivity contribution in [2.24, 2.45) is 0 Å². The third-order valence-corrected chi connectivity index (χ3v) is 3.90. The Balaban J connectivity index is 2.09. The topological polar surface area (TPSA) is 57.7 Å². The highest BCUT2D eigenvalue weighted by Gasteiger charge is 2.40. The maximum absolute atomic E-state index is 12.9. The molecule has 2 aromatic rings. The molecule has 116 valence electrons. The van der Waals surface area contributed by atoms with Crippen molar-refractivity contribution in [2.75, 3.05) is 9.80 Å². The predicted molar refractivity (Wildman–Crippen MR) is 87.3 cm³/mol. The van der Waals surface area contributed by atoms with Crippen LogP contribution in [0.3, 0.4) is 0 Å². The number of nitrogens with zero attached hydrogens (tertiary/aromatic N) is 2. The number of anilines is 2. The van der Waals surface area contributed by atoms with E-state index in [9.17, 15) is 14.4 Å². The molecule has 0 aliphatic carbocycles. The van der Waals surface area contributed by atoms with Gasteiger partial charge in [-0.3, -0.25) is 9.59 Å². The number of urea groups is 1. The lowest BCUT2D eigenvalue weighted by molar-refractivity contribution is -0.126. The summed E-state index contributed by atoms with van der Waals surface area (Å²) in [5.74, 6) is -1.00. The van der Waals surface area contributed by atoms with E-state index in [2.05, 4.69) is 0 Å². The number of amides is 4. The average Bonchev–Trinajstić information content (AvgIpc) is 2.50. The molecule has 5 nitrogen and oxygen atoms in total. The van der Waals surface area contributed by atoms with Crippen molar-refractivity contribution < 1.29 is 14.4 Å². The molecule has 0 N–H and O–H groups in total. The van der Waals surface area contributed by atoms with Crippen LogP contribution < -0.4 is 9.80 Å². The summed E-state index contributed by atoms with van der Waals surface area (Å²) in [5.41, 5.74) is 2.61. The van der Waals surface area contributed by atoms with E-state index in [0.29, 0.717) is 11.4 Å². The molecule has 1 aliphatic heterocycles. The molecular weight excluding hydrogens is 292 g/mol. The highest BCUT2D eigenvalue weighted by molar-refractivity contribution is 6.35. The minimum atomic E-state index is -0.630. The molecule has 23 heavy (non-hydrogen) atoms. The van der Waals surface area contributed by atoms with Crippen LogP contribution in [0.1, 0.15) is 17.5 Å². The van der Waals surface area contributed by atoms with Crippen LogP contribution in [0.25, 0.3) is 0 Å². The van der Waals surface area contributed by atoms with Gasteiger partial charge < -0.3 is 0 Å². The van der Waals surface area contributed by atoms with Crippen LogP contribution >= 0.6 is 0 Å². The number of hydrogen-bond donors (Lipinski definition) is 0. The summed E-state index contributed by atoms with van der Waals surface area (Å²) in [7, 11) is 0. The third-order valence-electron chi connectivity index (χ3n) is 3.90. The fraction of sp³-hybridized carbons (Fsp3) is 0.167. The molecule has 1 saturated heterocycles. The third kappa shape index (κ3) is 2.50. The van der Waals surface area contributed by atoms with Gasteiger partial charge in [-0.2, -0.15) is 0 Å². The summed E-state index contributed by atoms with van der Waals surface area (Å²) in [6.07, 6.45) is -0.325. The molecule has 0 aromatic heterocycles. The molecule has 1 fully saturated rings. The molecule has 4 amide bonds. The van der Waals surface area contributed by atoms with E-state index < -0.39 is 17.8 Å². The van der Waals surface area contributed by atoms with Gasteiger partial charge in [0.25, 0.3) is 0 Å². The summed E-state index contributed by atoms with van der Waals surface area (Å²) in [4.78, 5) is 39.6. The van der Waals surface area contributed by atoms with Crippen LogP contribution in [-0.4, -0.2) is 17.8 Å². The second kappa shape index (κ2) is 5.68. The Morgan fingerprint density at radius 2 is 1.09 bits per heavy atom. The number of hydrogen-bond acceptors (Lipinski definition) is 3. The van der Waals surface area contributed by atoms with E-state index in [1.807, 2.05) is 38.1 Å². The number of rotatable bonds is 2. The maximum atomic E-state index is 12.9. The van der Waals surface area contributed by atoms with Crippen molar-refractivity contribution in [3.8, 4) is 0 Å². The fourth-order valence-corrected chi connectivity index (χ4v) is 2.70. The lowest BCUT2D eigenvalue weighted by atomic mass is 10.1. The number of carbonyl (C=O) groups is 3. The minimum Gasteiger partial charge on any atom is -0.273 e. The van der Waals surface area contributed by atoms with E-state index in [0.717, 1.165) is 20.9 Å². The van der Waals surface area contributed by atoms with Crippen LogP contribution in [-0.2, 0) is 9.59 Å². The Morgan fingerprint density at radius 3 is 1.48 bits per heavy atom. The summed E-state index contributed by atoms with van der Waals surface area (Å²) in [6, 6.07) is 13.6. The Bertz CT molecular complexity index is 748. The van der Waals surface area contributed by atoms with Gasteiger partial charge in [0.1, 0.15) is 6.42 Å². The summed E-state index contributed by atoms with van der Waals surface area (Å²) in [5, 5.41) is 0. The van der Waals surface area contributed by atoms with Crippen LogP contribution in [0.5, 0.6) is 0 Å². The molecule has 1 heterocycles. The standard InChI is InChI=1S/C18H16N2O3/c1-12-7-3-5-9-14(12)19-16(21)11-17(22)20(18(19)23)15-10-6-4-8-13(15)2/h3-10H,11H2,1-2H3. The number of barbiturate groups is 1. The summed E-state index contributed by atoms with van der Waals surface area (Å²) < 4.78 is 0. The van der Waals surface area contributed by atoms with Crippen molar-refractivity contribution in [3.05, 3.63) is 59.7 Å². The molecule has 0 spiro atoms. The van der Waals surface area contributed by atoms with Crippen molar-refractivity contribution in [1.29, 1.82) is 0 Å². The lowest BCUT2D eigenvalue weighted by Crippen LogP contribution is -2.56. The van der Waals surface area contributed by atoms with Gasteiger partial charge >= 0.3 is 6.03 Å². The van der Waals surface area contributed by atoms with Gasteiger partial charge in [-0.1, -0.05) is 36.4 Å². The molecular formula is C18H16N2O3. The van der Waals surface area contributed by atoms with Crippen molar-refractivity contribution in [2.45, 2.75) is 20.3 Å². The first-order valence-electron chi connectivity index (χ1n) is 7.32. The van der Waals surface area contributed by atoms with E-state index in [-0.39, 0.29) is 6.42 Å². The lowest BCUT2D eigenvalue weighted by Gasteiger charge is -2.33. The highest BCUT2D eigenvalue weighted by Crippen LogP contribution is 2.29. The van der Waals surface area contributed by atoms with Gasteiger partial charge in [-0.15, -0.1) is 0 Å². The number of benzene rings is 2. The largest absolute Gasteiger partial charge is 0.342 e. The van der Waals surface area contributed by atoms with E-state index in [1.165, 1.54) is 0 Å². The van der Waals surface area contributed by atoms with Gasteiger partial charge in [0.05, 0.1) is 11.4 Å². The molecule has 0 unspecified atom stereocenters. The smallest absolute Gasteiger partial charge is 0.273 e. The van der Waals surface area contributed by atoms with Gasteiger partial charge in [-0.25, -0.2) is 14.6 Å². The Labute approximate surface area is 134 Å². The predicted octanol–water partition coefficient (Wildman–Crippen LogP) is 3.19. The van der Waals surface area contributed by atoms with E-state index in [4.69, 9.17) is 0 Å². The molecule has 0 radical (unpaired) electrons. The second-order valence-electron chi connectivity index (χ2n) is 5.49. The Morgan fingerprint density at radius 1 is 0.696 bits per heavy atom. The molecule has 1 aliphatic rings. The van der Waals surface area contributed by atoms with Crippen LogP contribution in [0.4, 0.5) is 16.2 Å². The first-order valence-corrected chi connectivity index (χ1v) is 7.32. The molecule has 5 heteroatoms. The highest BCUT2D eigenvalue weighted by atomic mass is 16.2. The molecule has 3 rings (SSSR count). The van der Waals surface area contributed by atoms with Crippen LogP contribution in [0, 0.1) is 13.8 Å². The molecule has 0 saturated carbocycles. The van der Waals surface area contributed by atoms with Gasteiger partial charge in [0.2, 0.25) is 11.8 Å². The Hall–Kier alpha value is -2.95. The fourth-order valence-electron chi connectivity index (χ4n) is 2.70. The zero-order valence-electron chi connectivity index (χ0n) is 12.9. The SMILES string of the molecule is Cc1ccccc1N1C(=O)CC(=O)N(c2ccccc2C)C1=O. The van der Waals surface area contributed by atoms with Gasteiger partial charge in [0, 0.05) is 0 Å². The normalized spacial score (nSPS) is 15.3. The van der Waals surface area contributed by atoms with Crippen molar-refractivity contribution >= 4 is 29.2 Å². The first-order chi connectivity index (χ1) is 11.0. The van der Waals surface area contributed by atoms with Crippen molar-refractivity contribution in [1.82, 2.24) is 0 Å².